The highest BCUT2D eigenvalue weighted by Crippen LogP contribution is 2.28. The zero-order valence-corrected chi connectivity index (χ0v) is 10.9. The molecule has 7 nitrogen and oxygen atoms in total. The summed E-state index contributed by atoms with van der Waals surface area (Å²) >= 11 is 0. The molecule has 1 N–H and O–H groups in total. The minimum Gasteiger partial charge on any atom is -0.398 e. The van der Waals surface area contributed by atoms with Crippen molar-refractivity contribution < 1.29 is 14.5 Å². The Hall–Kier alpha value is -2.10. The van der Waals surface area contributed by atoms with E-state index in [4.69, 9.17) is 10.1 Å². The van der Waals surface area contributed by atoms with Gasteiger partial charge in [0, 0.05) is 11.8 Å². The zero-order valence-electron chi connectivity index (χ0n) is 10.9. The Morgan fingerprint density at radius 2 is 2.33 bits per heavy atom. The third-order valence-corrected chi connectivity index (χ3v) is 2.40. The van der Waals surface area contributed by atoms with Crippen LogP contribution in [0.5, 0.6) is 0 Å². The van der Waals surface area contributed by atoms with Crippen LogP contribution in [0.25, 0.3) is 0 Å². The van der Waals surface area contributed by atoms with E-state index in [1.54, 1.807) is 6.07 Å². The monoisotopic (exact) mass is 252 g/mol. The van der Waals surface area contributed by atoms with Crippen molar-refractivity contribution in [1.82, 2.24) is 5.32 Å². The molecule has 1 amide bonds. The maximum atomic E-state index is 11.6. The minimum absolute atomic E-state index is 0.0747. The maximum absolute atomic E-state index is 11.6. The van der Waals surface area contributed by atoms with Crippen LogP contribution in [0.4, 0.5) is 0 Å². The first-order valence-corrected chi connectivity index (χ1v) is 5.43. The molecule has 98 valence electrons. The zero-order chi connectivity index (χ0) is 13.8. The average molecular weight is 252 g/mol. The van der Waals surface area contributed by atoms with Crippen molar-refractivity contribution in [2.24, 2.45) is 15.7 Å². The van der Waals surface area contributed by atoms with Crippen molar-refractivity contribution in [3.05, 3.63) is 0 Å². The molecule has 0 radical (unpaired) electrons. The van der Waals surface area contributed by atoms with E-state index in [9.17, 15) is 4.79 Å². The summed E-state index contributed by atoms with van der Waals surface area (Å²) in [5.74, 6) is -0.268. The molecule has 1 rings (SSSR count). The van der Waals surface area contributed by atoms with Gasteiger partial charge in [0.1, 0.15) is 19.3 Å². The number of amides is 1. The fourth-order valence-corrected chi connectivity index (χ4v) is 1.31. The molecule has 1 aliphatic rings. The number of carbonyl (C=O) groups excluding carboxylic acids is 1. The number of hydrogen-bond acceptors (Lipinski definition) is 6. The molecule has 18 heavy (non-hydrogen) atoms. The van der Waals surface area contributed by atoms with Crippen LogP contribution >= 0.6 is 0 Å². The Labute approximate surface area is 105 Å². The van der Waals surface area contributed by atoms with E-state index in [2.05, 4.69) is 20.5 Å². The highest BCUT2D eigenvalue weighted by atomic mass is 16.6. The lowest BCUT2D eigenvalue weighted by molar-refractivity contribution is -0.113. The van der Waals surface area contributed by atoms with Crippen molar-refractivity contribution in [2.45, 2.75) is 33.3 Å². The van der Waals surface area contributed by atoms with E-state index in [0.717, 1.165) is 0 Å². The molecule has 0 aromatic rings. The lowest BCUT2D eigenvalue weighted by Gasteiger charge is -2.23. The molecule has 0 saturated heterocycles. The van der Waals surface area contributed by atoms with Gasteiger partial charge >= 0.3 is 0 Å². The third-order valence-electron chi connectivity index (χ3n) is 2.40. The van der Waals surface area contributed by atoms with E-state index in [1.165, 1.54) is 7.11 Å². The lowest BCUT2D eigenvalue weighted by atomic mass is 9.87. The quantitative estimate of drug-likeness (QED) is 0.580. The normalized spacial score (nSPS) is 19.6. The minimum atomic E-state index is -0.656. The van der Waals surface area contributed by atoms with E-state index in [-0.39, 0.29) is 17.2 Å². The molecule has 1 unspecified atom stereocenters. The average Bonchev–Trinajstić information content (AvgIpc) is 2.73. The number of oxime groups is 2. The van der Waals surface area contributed by atoms with Crippen LogP contribution in [-0.4, -0.2) is 30.7 Å². The number of carbonyl (C=O) groups is 1. The van der Waals surface area contributed by atoms with Crippen LogP contribution in [0.1, 0.15) is 27.2 Å². The van der Waals surface area contributed by atoms with Gasteiger partial charge in [0.05, 0.1) is 0 Å². The molecule has 0 aromatic carbocycles. The van der Waals surface area contributed by atoms with E-state index in [0.29, 0.717) is 12.3 Å². The Bertz CT molecular complexity index is 429. The summed E-state index contributed by atoms with van der Waals surface area (Å²) in [4.78, 5) is 21.2. The van der Waals surface area contributed by atoms with Crippen molar-refractivity contribution in [3.8, 4) is 6.07 Å². The van der Waals surface area contributed by atoms with Gasteiger partial charge < -0.3 is 15.0 Å². The van der Waals surface area contributed by atoms with Crippen molar-refractivity contribution in [3.63, 3.8) is 0 Å². The van der Waals surface area contributed by atoms with Gasteiger partial charge in [-0.2, -0.15) is 5.26 Å². The van der Waals surface area contributed by atoms with Crippen LogP contribution in [-0.2, 0) is 14.5 Å². The molecule has 1 aliphatic heterocycles. The largest absolute Gasteiger partial charge is 0.398 e. The standard InChI is InChI=1S/C11H16N4O3/c1-11(2,3)8-5-9(15-18-8)13-10(16)7(6-12)14-17-4/h8H,5H2,1-4H3,(H,13,15,16)/b14-7+. The molecular formula is C11H16N4O3. The molecule has 0 aromatic heterocycles. The van der Waals surface area contributed by atoms with E-state index in [1.807, 2.05) is 20.8 Å². The van der Waals surface area contributed by atoms with Crippen molar-refractivity contribution in [1.29, 1.82) is 5.26 Å². The summed E-state index contributed by atoms with van der Waals surface area (Å²) in [6.45, 7) is 6.06. The third kappa shape index (κ3) is 3.45. The van der Waals surface area contributed by atoms with Gasteiger partial charge in [0.15, 0.2) is 5.84 Å². The smallest absolute Gasteiger partial charge is 0.289 e. The van der Waals surface area contributed by atoms with Crippen LogP contribution in [0.2, 0.25) is 0 Å². The van der Waals surface area contributed by atoms with Gasteiger partial charge in [-0.1, -0.05) is 31.1 Å². The lowest BCUT2D eigenvalue weighted by Crippen LogP contribution is -2.36. The topological polar surface area (TPSA) is 96.1 Å². The molecule has 0 fully saturated rings. The summed E-state index contributed by atoms with van der Waals surface area (Å²) in [6, 6.07) is 1.64. The maximum Gasteiger partial charge on any atom is 0.289 e. The molecule has 1 atom stereocenters. The molecule has 0 spiro atoms. The molecule has 0 bridgehead atoms. The summed E-state index contributed by atoms with van der Waals surface area (Å²) in [6.07, 6.45) is 0.388. The number of nitrogens with zero attached hydrogens (tertiary/aromatic N) is 3. The summed E-state index contributed by atoms with van der Waals surface area (Å²) < 4.78 is 0. The number of rotatable bonds is 2. The summed E-state index contributed by atoms with van der Waals surface area (Å²) in [5, 5.41) is 18.2. The summed E-state index contributed by atoms with van der Waals surface area (Å²) in [5.41, 5.74) is -0.436. The number of nitrogens with one attached hydrogen (secondary N) is 1. The van der Waals surface area contributed by atoms with Gasteiger partial charge in [-0.25, -0.2) is 0 Å². The Kier molecular flexibility index (Phi) is 4.26. The van der Waals surface area contributed by atoms with E-state index >= 15 is 0 Å². The molecular weight excluding hydrogens is 236 g/mol. The second-order valence-electron chi connectivity index (χ2n) is 4.89. The van der Waals surface area contributed by atoms with E-state index < -0.39 is 5.91 Å². The second kappa shape index (κ2) is 5.49. The number of amidine groups is 1. The molecule has 0 aliphatic carbocycles. The Balaban J connectivity index is 2.59. The molecule has 0 saturated carbocycles. The Morgan fingerprint density at radius 3 is 2.78 bits per heavy atom. The van der Waals surface area contributed by atoms with Gasteiger partial charge in [0.2, 0.25) is 5.71 Å². The number of hydrogen-bond donors (Lipinski definition) is 1. The highest BCUT2D eigenvalue weighted by Gasteiger charge is 2.33. The van der Waals surface area contributed by atoms with Gasteiger partial charge in [-0.15, -0.1) is 0 Å². The van der Waals surface area contributed by atoms with Crippen LogP contribution < -0.4 is 5.32 Å². The molecule has 7 heteroatoms. The first kappa shape index (κ1) is 14.0. The highest BCUT2D eigenvalue weighted by molar-refractivity contribution is 6.47. The fourth-order valence-electron chi connectivity index (χ4n) is 1.31. The van der Waals surface area contributed by atoms with Crippen LogP contribution in [0.3, 0.4) is 0 Å². The predicted octanol–water partition coefficient (Wildman–Crippen LogP) is 0.777. The van der Waals surface area contributed by atoms with Crippen molar-refractivity contribution in [2.75, 3.05) is 7.11 Å². The number of nitriles is 1. The second-order valence-corrected chi connectivity index (χ2v) is 4.89. The van der Waals surface area contributed by atoms with Gasteiger partial charge in [-0.3, -0.25) is 4.79 Å². The predicted molar refractivity (Wildman–Crippen MR) is 64.6 cm³/mol. The van der Waals surface area contributed by atoms with Crippen LogP contribution in [0.15, 0.2) is 10.3 Å². The van der Waals surface area contributed by atoms with Crippen LogP contribution in [0, 0.1) is 16.7 Å². The first-order valence-electron chi connectivity index (χ1n) is 5.43. The summed E-state index contributed by atoms with van der Waals surface area (Å²) in [7, 11) is 1.26. The van der Waals surface area contributed by atoms with Crippen molar-refractivity contribution >= 4 is 17.5 Å². The SMILES string of the molecule is CO/N=C(\C#N)C(=O)NC1=NOC(C(C)(C)C)C1. The van der Waals surface area contributed by atoms with Gasteiger partial charge in [-0.05, 0) is 0 Å². The Morgan fingerprint density at radius 1 is 1.67 bits per heavy atom. The van der Waals surface area contributed by atoms with Gasteiger partial charge in [0.25, 0.3) is 5.91 Å². The first-order chi connectivity index (χ1) is 8.38. The molecule has 1 heterocycles. The fraction of sp³-hybridized carbons (Fsp3) is 0.636.